The van der Waals surface area contributed by atoms with Crippen LogP contribution in [0.15, 0.2) is 18.2 Å². The lowest BCUT2D eigenvalue weighted by Gasteiger charge is -2.43. The fraction of sp³-hybridized carbons (Fsp3) is 0.500. The molecule has 0 aromatic heterocycles. The maximum atomic E-state index is 11.5. The molecule has 20 heavy (non-hydrogen) atoms. The SMILES string of the molecule is CC(C)(C(N)=O)N1CCN(c2ccc(Cl)c(Cl)c2)CC1. The van der Waals surface area contributed by atoms with Gasteiger partial charge in [-0.05, 0) is 32.0 Å². The van der Waals surface area contributed by atoms with Crippen LogP contribution < -0.4 is 10.6 Å². The van der Waals surface area contributed by atoms with E-state index in [0.717, 1.165) is 31.9 Å². The molecule has 0 spiro atoms. The molecular weight excluding hydrogens is 297 g/mol. The Hall–Kier alpha value is -0.970. The Morgan fingerprint density at radius 2 is 1.75 bits per heavy atom. The normalized spacial score (nSPS) is 17.3. The number of carbonyl (C=O) groups excluding carboxylic acids is 1. The smallest absolute Gasteiger partial charge is 0.237 e. The first kappa shape index (κ1) is 15.4. The van der Waals surface area contributed by atoms with Gasteiger partial charge in [-0.15, -0.1) is 0 Å². The Bertz CT molecular complexity index is 511. The van der Waals surface area contributed by atoms with Crippen molar-refractivity contribution in [2.45, 2.75) is 19.4 Å². The topological polar surface area (TPSA) is 49.6 Å². The minimum absolute atomic E-state index is 0.291. The second-order valence-corrected chi connectivity index (χ2v) is 6.31. The molecule has 0 saturated carbocycles. The van der Waals surface area contributed by atoms with Gasteiger partial charge in [0.15, 0.2) is 0 Å². The van der Waals surface area contributed by atoms with E-state index in [0.29, 0.717) is 10.0 Å². The lowest BCUT2D eigenvalue weighted by atomic mass is 10.0. The van der Waals surface area contributed by atoms with Crippen molar-refractivity contribution in [3.63, 3.8) is 0 Å². The van der Waals surface area contributed by atoms with Gasteiger partial charge in [0.1, 0.15) is 0 Å². The number of nitrogens with zero attached hydrogens (tertiary/aromatic N) is 2. The summed E-state index contributed by atoms with van der Waals surface area (Å²) >= 11 is 12.0. The Morgan fingerprint density at radius 1 is 1.15 bits per heavy atom. The zero-order valence-electron chi connectivity index (χ0n) is 11.7. The molecule has 1 aliphatic rings. The second-order valence-electron chi connectivity index (χ2n) is 5.50. The van der Waals surface area contributed by atoms with Gasteiger partial charge in [-0.3, -0.25) is 9.69 Å². The molecule has 2 rings (SSSR count). The zero-order chi connectivity index (χ0) is 14.9. The van der Waals surface area contributed by atoms with E-state index in [1.54, 1.807) is 6.07 Å². The summed E-state index contributed by atoms with van der Waals surface area (Å²) in [5.41, 5.74) is 5.90. The minimum Gasteiger partial charge on any atom is -0.369 e. The maximum Gasteiger partial charge on any atom is 0.237 e. The molecule has 1 aliphatic heterocycles. The molecule has 1 saturated heterocycles. The number of nitrogens with two attached hydrogens (primary N) is 1. The summed E-state index contributed by atoms with van der Waals surface area (Å²) < 4.78 is 0. The molecule has 6 heteroatoms. The zero-order valence-corrected chi connectivity index (χ0v) is 13.2. The Labute approximate surface area is 129 Å². The predicted octanol–water partition coefficient (Wildman–Crippen LogP) is 2.38. The van der Waals surface area contributed by atoms with E-state index < -0.39 is 5.54 Å². The van der Waals surface area contributed by atoms with Crippen LogP contribution in [0, 0.1) is 0 Å². The number of hydrogen-bond acceptors (Lipinski definition) is 3. The molecule has 0 aliphatic carbocycles. The molecule has 0 unspecified atom stereocenters. The van der Waals surface area contributed by atoms with E-state index in [-0.39, 0.29) is 5.91 Å². The molecule has 1 heterocycles. The molecule has 0 radical (unpaired) electrons. The average Bonchev–Trinajstić information content (AvgIpc) is 2.42. The largest absolute Gasteiger partial charge is 0.369 e. The van der Waals surface area contributed by atoms with E-state index >= 15 is 0 Å². The minimum atomic E-state index is -0.607. The molecule has 4 nitrogen and oxygen atoms in total. The van der Waals surface area contributed by atoms with Gasteiger partial charge in [-0.1, -0.05) is 23.2 Å². The number of halogens is 2. The summed E-state index contributed by atoms with van der Waals surface area (Å²) in [6.07, 6.45) is 0. The summed E-state index contributed by atoms with van der Waals surface area (Å²) in [5, 5.41) is 1.12. The summed E-state index contributed by atoms with van der Waals surface area (Å²) in [6, 6.07) is 5.64. The van der Waals surface area contributed by atoms with Gasteiger partial charge in [-0.2, -0.15) is 0 Å². The van der Waals surface area contributed by atoms with Gasteiger partial charge in [0.25, 0.3) is 0 Å². The van der Waals surface area contributed by atoms with Crippen LogP contribution in [0.5, 0.6) is 0 Å². The van der Waals surface area contributed by atoms with E-state index in [1.807, 2.05) is 26.0 Å². The first-order valence-electron chi connectivity index (χ1n) is 6.57. The standard InChI is InChI=1S/C14H19Cl2N3O/c1-14(2,13(17)20)19-7-5-18(6-8-19)10-3-4-11(15)12(16)9-10/h3-4,9H,5-8H2,1-2H3,(H2,17,20). The van der Waals surface area contributed by atoms with Crippen LogP contribution in [-0.4, -0.2) is 42.5 Å². The van der Waals surface area contributed by atoms with E-state index in [1.165, 1.54) is 0 Å². The third kappa shape index (κ3) is 3.03. The number of rotatable bonds is 3. The van der Waals surface area contributed by atoms with Crippen molar-refractivity contribution >= 4 is 34.8 Å². The van der Waals surface area contributed by atoms with E-state index in [9.17, 15) is 4.79 Å². The molecule has 0 bridgehead atoms. The highest BCUT2D eigenvalue weighted by atomic mass is 35.5. The number of primary amides is 1. The second kappa shape index (κ2) is 5.80. The number of amides is 1. The maximum absolute atomic E-state index is 11.5. The van der Waals surface area contributed by atoms with Crippen molar-refractivity contribution in [3.8, 4) is 0 Å². The van der Waals surface area contributed by atoms with Crippen LogP contribution in [-0.2, 0) is 4.79 Å². The molecule has 110 valence electrons. The van der Waals surface area contributed by atoms with Crippen LogP contribution in [0.2, 0.25) is 10.0 Å². The Morgan fingerprint density at radius 3 is 2.25 bits per heavy atom. The number of anilines is 1. The van der Waals surface area contributed by atoms with Crippen LogP contribution in [0.25, 0.3) is 0 Å². The van der Waals surface area contributed by atoms with Crippen LogP contribution in [0.4, 0.5) is 5.69 Å². The van der Waals surface area contributed by atoms with Crippen molar-refractivity contribution in [2.24, 2.45) is 5.73 Å². The summed E-state index contributed by atoms with van der Waals surface area (Å²) in [4.78, 5) is 15.8. The highest BCUT2D eigenvalue weighted by Crippen LogP contribution is 2.28. The monoisotopic (exact) mass is 315 g/mol. The van der Waals surface area contributed by atoms with Crippen LogP contribution in [0.1, 0.15) is 13.8 Å². The molecule has 1 aromatic carbocycles. The summed E-state index contributed by atoms with van der Waals surface area (Å²) in [7, 11) is 0. The number of carbonyl (C=O) groups is 1. The molecule has 1 amide bonds. The van der Waals surface area contributed by atoms with Crippen LogP contribution in [0.3, 0.4) is 0 Å². The van der Waals surface area contributed by atoms with Crippen LogP contribution >= 0.6 is 23.2 Å². The number of piperazine rings is 1. The quantitative estimate of drug-likeness (QED) is 0.931. The van der Waals surface area contributed by atoms with Gasteiger partial charge in [0, 0.05) is 31.9 Å². The third-order valence-electron chi connectivity index (χ3n) is 3.94. The van der Waals surface area contributed by atoms with E-state index in [2.05, 4.69) is 9.80 Å². The van der Waals surface area contributed by atoms with Crippen molar-refractivity contribution in [1.82, 2.24) is 4.90 Å². The van der Waals surface area contributed by atoms with Crippen molar-refractivity contribution < 1.29 is 4.79 Å². The van der Waals surface area contributed by atoms with Gasteiger partial charge < -0.3 is 10.6 Å². The lowest BCUT2D eigenvalue weighted by molar-refractivity contribution is -0.128. The van der Waals surface area contributed by atoms with Crippen molar-refractivity contribution in [3.05, 3.63) is 28.2 Å². The highest BCUT2D eigenvalue weighted by Gasteiger charge is 2.34. The Kier molecular flexibility index (Phi) is 4.47. The lowest BCUT2D eigenvalue weighted by Crippen LogP contribution is -2.59. The number of benzene rings is 1. The summed E-state index contributed by atoms with van der Waals surface area (Å²) in [5.74, 6) is -0.291. The molecule has 1 fully saturated rings. The number of hydrogen-bond donors (Lipinski definition) is 1. The summed E-state index contributed by atoms with van der Waals surface area (Å²) in [6.45, 7) is 6.96. The fourth-order valence-electron chi connectivity index (χ4n) is 2.36. The first-order chi connectivity index (χ1) is 9.32. The molecular formula is C14H19Cl2N3O. The van der Waals surface area contributed by atoms with Crippen molar-refractivity contribution in [2.75, 3.05) is 31.1 Å². The Balaban J connectivity index is 2.04. The highest BCUT2D eigenvalue weighted by molar-refractivity contribution is 6.42. The van der Waals surface area contributed by atoms with Crippen molar-refractivity contribution in [1.29, 1.82) is 0 Å². The molecule has 1 aromatic rings. The molecule has 0 atom stereocenters. The van der Waals surface area contributed by atoms with E-state index in [4.69, 9.17) is 28.9 Å². The fourth-order valence-corrected chi connectivity index (χ4v) is 2.65. The average molecular weight is 316 g/mol. The first-order valence-corrected chi connectivity index (χ1v) is 7.33. The predicted molar refractivity (Wildman–Crippen MR) is 83.5 cm³/mol. The van der Waals surface area contributed by atoms with Gasteiger partial charge in [0.05, 0.1) is 15.6 Å². The third-order valence-corrected chi connectivity index (χ3v) is 4.68. The van der Waals surface area contributed by atoms with Gasteiger partial charge in [-0.25, -0.2) is 0 Å². The van der Waals surface area contributed by atoms with Gasteiger partial charge >= 0.3 is 0 Å². The molecule has 2 N–H and O–H groups in total. The van der Waals surface area contributed by atoms with Gasteiger partial charge in [0.2, 0.25) is 5.91 Å².